The van der Waals surface area contributed by atoms with Crippen molar-refractivity contribution in [1.29, 1.82) is 0 Å². The average molecular weight is 340 g/mol. The molecular weight excluding hydrogens is 323 g/mol. The van der Waals surface area contributed by atoms with Gasteiger partial charge in [0.15, 0.2) is 5.69 Å². The third kappa shape index (κ3) is 3.05. The van der Waals surface area contributed by atoms with Crippen molar-refractivity contribution in [3.63, 3.8) is 0 Å². The molecule has 2 aromatic heterocycles. The van der Waals surface area contributed by atoms with Crippen molar-refractivity contribution >= 4 is 5.91 Å². The van der Waals surface area contributed by atoms with E-state index in [1.807, 2.05) is 0 Å². The lowest BCUT2D eigenvalue weighted by atomic mass is 10.1. The molecule has 1 N–H and O–H groups in total. The van der Waals surface area contributed by atoms with Gasteiger partial charge in [0.25, 0.3) is 5.91 Å². The van der Waals surface area contributed by atoms with Crippen molar-refractivity contribution in [3.8, 4) is 0 Å². The van der Waals surface area contributed by atoms with Gasteiger partial charge in [-0.15, -0.1) is 0 Å². The van der Waals surface area contributed by atoms with Crippen LogP contribution in [0.25, 0.3) is 0 Å². The highest BCUT2D eigenvalue weighted by Gasteiger charge is 2.30. The first kappa shape index (κ1) is 15.6. The van der Waals surface area contributed by atoms with Crippen molar-refractivity contribution in [1.82, 2.24) is 20.0 Å². The topological polar surface area (TPSA) is 73.0 Å². The van der Waals surface area contributed by atoms with Crippen LogP contribution in [0.5, 0.6) is 0 Å². The number of amides is 1. The number of carbonyl (C=O) groups is 1. The van der Waals surface area contributed by atoms with E-state index in [0.29, 0.717) is 17.3 Å². The summed E-state index contributed by atoms with van der Waals surface area (Å²) in [7, 11) is 1.80. The van der Waals surface area contributed by atoms with Crippen LogP contribution in [0, 0.1) is 5.82 Å². The Morgan fingerprint density at radius 2 is 2.20 bits per heavy atom. The Balaban J connectivity index is 1.65. The molecule has 25 heavy (non-hydrogen) atoms. The zero-order valence-corrected chi connectivity index (χ0v) is 13.6. The molecule has 0 radical (unpaired) electrons. The van der Waals surface area contributed by atoms with Crippen LogP contribution in [0.3, 0.4) is 0 Å². The number of nitrogens with zero attached hydrogens (tertiary/aromatic N) is 3. The standard InChI is InChI=1S/C18H17FN4O2/c1-23-9-8-20-17(23)16(12-4-2-3-5-13(12)19)21-18(24)14-10-15(25-22-14)11-6-7-11/h2-5,8-11,16H,6-7H2,1H3,(H,21,24)/t16-/m1/s1. The van der Waals surface area contributed by atoms with Crippen molar-refractivity contribution in [2.75, 3.05) is 0 Å². The molecule has 1 fully saturated rings. The summed E-state index contributed by atoms with van der Waals surface area (Å²) in [6.07, 6.45) is 5.47. The maximum absolute atomic E-state index is 14.3. The summed E-state index contributed by atoms with van der Waals surface area (Å²) >= 11 is 0. The van der Waals surface area contributed by atoms with E-state index in [9.17, 15) is 9.18 Å². The van der Waals surface area contributed by atoms with Gasteiger partial charge in [-0.2, -0.15) is 0 Å². The van der Waals surface area contributed by atoms with E-state index in [1.165, 1.54) is 6.07 Å². The minimum atomic E-state index is -0.727. The van der Waals surface area contributed by atoms with Gasteiger partial charge >= 0.3 is 0 Å². The summed E-state index contributed by atoms with van der Waals surface area (Å²) in [4.78, 5) is 16.9. The van der Waals surface area contributed by atoms with Crippen molar-refractivity contribution in [2.24, 2.45) is 7.05 Å². The number of nitrogens with one attached hydrogen (secondary N) is 1. The maximum Gasteiger partial charge on any atom is 0.274 e. The van der Waals surface area contributed by atoms with Crippen LogP contribution in [0.4, 0.5) is 4.39 Å². The third-order valence-electron chi connectivity index (χ3n) is 4.35. The third-order valence-corrected chi connectivity index (χ3v) is 4.35. The lowest BCUT2D eigenvalue weighted by Crippen LogP contribution is -2.31. The Morgan fingerprint density at radius 1 is 1.40 bits per heavy atom. The van der Waals surface area contributed by atoms with Gasteiger partial charge < -0.3 is 14.4 Å². The summed E-state index contributed by atoms with van der Waals surface area (Å²) in [5.41, 5.74) is 0.536. The minimum absolute atomic E-state index is 0.192. The molecule has 1 aliphatic rings. The van der Waals surface area contributed by atoms with Crippen LogP contribution in [0.1, 0.15) is 52.4 Å². The number of rotatable bonds is 5. The molecule has 0 spiro atoms. The number of hydrogen-bond acceptors (Lipinski definition) is 4. The summed E-state index contributed by atoms with van der Waals surface area (Å²) in [6, 6.07) is 7.25. The van der Waals surface area contributed by atoms with Crippen molar-refractivity contribution in [3.05, 3.63) is 71.4 Å². The molecule has 6 nitrogen and oxygen atoms in total. The Bertz CT molecular complexity index is 913. The number of benzene rings is 1. The molecule has 1 amide bonds. The van der Waals surface area contributed by atoms with E-state index >= 15 is 0 Å². The summed E-state index contributed by atoms with van der Waals surface area (Å²) in [6.45, 7) is 0. The predicted octanol–water partition coefficient (Wildman–Crippen LogP) is 2.94. The van der Waals surface area contributed by atoms with Crippen LogP contribution >= 0.6 is 0 Å². The van der Waals surface area contributed by atoms with Crippen LogP contribution < -0.4 is 5.32 Å². The van der Waals surface area contributed by atoms with Gasteiger partial charge in [-0.25, -0.2) is 9.37 Å². The molecule has 3 aromatic rings. The van der Waals surface area contributed by atoms with Gasteiger partial charge in [0, 0.05) is 37.0 Å². The minimum Gasteiger partial charge on any atom is -0.360 e. The molecule has 0 aliphatic heterocycles. The fourth-order valence-corrected chi connectivity index (χ4v) is 2.81. The monoisotopic (exact) mass is 340 g/mol. The van der Waals surface area contributed by atoms with Gasteiger partial charge in [0.2, 0.25) is 0 Å². The highest BCUT2D eigenvalue weighted by Crippen LogP contribution is 2.40. The molecule has 1 saturated carbocycles. The molecule has 128 valence electrons. The molecule has 7 heteroatoms. The number of hydrogen-bond donors (Lipinski definition) is 1. The Hall–Kier alpha value is -2.96. The van der Waals surface area contributed by atoms with Crippen molar-refractivity contribution < 1.29 is 13.7 Å². The van der Waals surface area contributed by atoms with E-state index in [-0.39, 0.29) is 5.69 Å². The second-order valence-corrected chi connectivity index (χ2v) is 6.21. The van der Waals surface area contributed by atoms with Gasteiger partial charge in [-0.3, -0.25) is 4.79 Å². The van der Waals surface area contributed by atoms with Crippen LogP contribution in [0.2, 0.25) is 0 Å². The number of imidazole rings is 1. The maximum atomic E-state index is 14.3. The molecule has 0 saturated heterocycles. The first-order valence-corrected chi connectivity index (χ1v) is 8.12. The van der Waals surface area contributed by atoms with Gasteiger partial charge in [-0.1, -0.05) is 23.4 Å². The molecule has 2 heterocycles. The van der Waals surface area contributed by atoms with Gasteiger partial charge in [0.1, 0.15) is 23.4 Å². The normalized spacial score (nSPS) is 15.1. The molecule has 4 rings (SSSR count). The smallest absolute Gasteiger partial charge is 0.274 e. The molecule has 1 aliphatic carbocycles. The quantitative estimate of drug-likeness (QED) is 0.775. The fraction of sp³-hybridized carbons (Fsp3) is 0.278. The Morgan fingerprint density at radius 3 is 2.88 bits per heavy atom. The highest BCUT2D eigenvalue weighted by atomic mass is 19.1. The van der Waals surface area contributed by atoms with Crippen LogP contribution in [-0.4, -0.2) is 20.6 Å². The lowest BCUT2D eigenvalue weighted by Gasteiger charge is -2.19. The predicted molar refractivity (Wildman–Crippen MR) is 87.4 cm³/mol. The lowest BCUT2D eigenvalue weighted by molar-refractivity contribution is 0.0931. The molecule has 0 unspecified atom stereocenters. The van der Waals surface area contributed by atoms with Crippen LogP contribution in [0.15, 0.2) is 47.2 Å². The highest BCUT2D eigenvalue weighted by molar-refractivity contribution is 5.92. The van der Waals surface area contributed by atoms with Gasteiger partial charge in [0.05, 0.1) is 0 Å². The fourth-order valence-electron chi connectivity index (χ4n) is 2.81. The largest absolute Gasteiger partial charge is 0.360 e. The zero-order valence-electron chi connectivity index (χ0n) is 13.6. The molecule has 1 atom stereocenters. The number of carbonyl (C=O) groups excluding carboxylic acids is 1. The molecular formula is C18H17FN4O2. The summed E-state index contributed by atoms with van der Waals surface area (Å²) in [5, 5.41) is 6.66. The first-order valence-electron chi connectivity index (χ1n) is 8.12. The van der Waals surface area contributed by atoms with Crippen molar-refractivity contribution in [2.45, 2.75) is 24.8 Å². The summed E-state index contributed by atoms with van der Waals surface area (Å²) in [5.74, 6) is 0.793. The molecule has 1 aromatic carbocycles. The van der Waals surface area contributed by atoms with Gasteiger partial charge in [-0.05, 0) is 18.9 Å². The first-order chi connectivity index (χ1) is 12.1. The van der Waals surface area contributed by atoms with E-state index < -0.39 is 17.8 Å². The van der Waals surface area contributed by atoms with E-state index in [4.69, 9.17) is 4.52 Å². The van der Waals surface area contributed by atoms with E-state index in [1.54, 1.807) is 48.3 Å². The number of aromatic nitrogens is 3. The second-order valence-electron chi connectivity index (χ2n) is 6.21. The second kappa shape index (κ2) is 6.16. The molecule has 0 bridgehead atoms. The van der Waals surface area contributed by atoms with E-state index in [2.05, 4.69) is 15.5 Å². The number of halogens is 1. The number of aryl methyl sites for hydroxylation is 1. The average Bonchev–Trinajstić information content (AvgIpc) is 3.18. The summed E-state index contributed by atoms with van der Waals surface area (Å²) < 4.78 is 21.3. The van der Waals surface area contributed by atoms with Crippen LogP contribution in [-0.2, 0) is 7.05 Å². The SMILES string of the molecule is Cn1ccnc1[C@H](NC(=O)c1cc(C2CC2)on1)c1ccccc1F. The Kier molecular flexibility index (Phi) is 3.83. The van der Waals surface area contributed by atoms with E-state index in [0.717, 1.165) is 18.6 Å². The zero-order chi connectivity index (χ0) is 17.4. The Labute approximate surface area is 143 Å².